The van der Waals surface area contributed by atoms with E-state index in [0.29, 0.717) is 6.04 Å². The molecule has 2 atom stereocenters. The number of hydrogen-bond acceptors (Lipinski definition) is 4. The minimum absolute atomic E-state index is 0.254. The molecule has 120 valence electrons. The number of piperidine rings is 1. The maximum atomic E-state index is 12.6. The van der Waals surface area contributed by atoms with E-state index in [9.17, 15) is 4.79 Å². The fraction of sp³-hybridized carbons (Fsp3) is 0.867. The van der Waals surface area contributed by atoms with Gasteiger partial charge in [-0.2, -0.15) is 0 Å². The van der Waals surface area contributed by atoms with Gasteiger partial charge in [0.25, 0.3) is 11.9 Å². The number of amides is 1. The number of fused-ring (bicyclic) bond motifs is 1. The second kappa shape index (κ2) is 6.75. The minimum Gasteiger partial charge on any atom is -0.481 e. The molecule has 0 unspecified atom stereocenters. The van der Waals surface area contributed by atoms with E-state index in [0.717, 1.165) is 45.3 Å². The van der Waals surface area contributed by atoms with E-state index in [1.807, 2.05) is 0 Å². The summed E-state index contributed by atoms with van der Waals surface area (Å²) in [5.74, 6) is 0.208. The highest BCUT2D eigenvalue weighted by molar-refractivity contribution is 5.86. The van der Waals surface area contributed by atoms with Crippen molar-refractivity contribution in [2.24, 2.45) is 5.92 Å². The van der Waals surface area contributed by atoms with Crippen LogP contribution in [0.2, 0.25) is 0 Å². The normalized spacial score (nSPS) is 29.7. The van der Waals surface area contributed by atoms with Gasteiger partial charge in [0.2, 0.25) is 0 Å². The van der Waals surface area contributed by atoms with Gasteiger partial charge in [0.05, 0.1) is 0 Å². The smallest absolute Gasteiger partial charge is 0.300 e. The Hall–Kier alpha value is -1.14. The molecular formula is C15H26N2O4. The van der Waals surface area contributed by atoms with Gasteiger partial charge in [-0.15, -0.1) is 0 Å². The molecule has 1 aliphatic carbocycles. The Kier molecular flexibility index (Phi) is 5.22. The number of rotatable bonds is 2. The van der Waals surface area contributed by atoms with Crippen molar-refractivity contribution in [3.05, 3.63) is 0 Å². The number of hydrogen-bond donors (Lipinski definition) is 2. The topological polar surface area (TPSA) is 78.9 Å². The Labute approximate surface area is 125 Å². The summed E-state index contributed by atoms with van der Waals surface area (Å²) in [6.45, 7) is 3.84. The van der Waals surface area contributed by atoms with Crippen molar-refractivity contribution in [3.8, 4) is 0 Å². The van der Waals surface area contributed by atoms with E-state index >= 15 is 0 Å². The van der Waals surface area contributed by atoms with Gasteiger partial charge in [-0.05, 0) is 44.7 Å². The number of carboxylic acids is 1. The van der Waals surface area contributed by atoms with Gasteiger partial charge in [0.1, 0.15) is 5.60 Å². The predicted molar refractivity (Wildman–Crippen MR) is 78.0 cm³/mol. The van der Waals surface area contributed by atoms with E-state index in [2.05, 4.69) is 10.2 Å². The highest BCUT2D eigenvalue weighted by Crippen LogP contribution is 2.41. The molecule has 0 aromatic rings. The zero-order valence-corrected chi connectivity index (χ0v) is 12.9. The molecule has 0 aromatic carbocycles. The van der Waals surface area contributed by atoms with Gasteiger partial charge in [0, 0.05) is 26.6 Å². The van der Waals surface area contributed by atoms with Gasteiger partial charge < -0.3 is 20.1 Å². The number of carbonyl (C=O) groups is 2. The van der Waals surface area contributed by atoms with Crippen molar-refractivity contribution in [1.82, 2.24) is 10.2 Å². The van der Waals surface area contributed by atoms with Crippen molar-refractivity contribution in [1.29, 1.82) is 0 Å². The lowest BCUT2D eigenvalue weighted by Gasteiger charge is -2.49. The van der Waals surface area contributed by atoms with Crippen molar-refractivity contribution in [2.75, 3.05) is 26.7 Å². The third-order valence-corrected chi connectivity index (χ3v) is 4.90. The first kappa shape index (κ1) is 16.2. The van der Waals surface area contributed by atoms with Crippen LogP contribution in [0.3, 0.4) is 0 Å². The summed E-state index contributed by atoms with van der Waals surface area (Å²) in [4.78, 5) is 23.7. The Balaban J connectivity index is 0.000000361. The number of likely N-dealkylation sites (tertiary alicyclic amines) is 1. The summed E-state index contributed by atoms with van der Waals surface area (Å²) in [6.07, 6.45) is 5.44. The fourth-order valence-electron chi connectivity index (χ4n) is 3.72. The Morgan fingerprint density at radius 3 is 2.43 bits per heavy atom. The molecular weight excluding hydrogens is 272 g/mol. The second-order valence-electron chi connectivity index (χ2n) is 6.18. The summed E-state index contributed by atoms with van der Waals surface area (Å²) >= 11 is 0. The van der Waals surface area contributed by atoms with E-state index in [1.165, 1.54) is 19.3 Å². The highest BCUT2D eigenvalue weighted by atomic mass is 16.5. The summed E-state index contributed by atoms with van der Waals surface area (Å²) in [7, 11) is 1.69. The molecule has 0 radical (unpaired) electrons. The Morgan fingerprint density at radius 2 is 1.90 bits per heavy atom. The maximum absolute atomic E-state index is 12.6. The molecule has 2 heterocycles. The third kappa shape index (κ3) is 3.37. The van der Waals surface area contributed by atoms with Crippen molar-refractivity contribution < 1.29 is 19.4 Å². The molecule has 1 amide bonds. The fourth-order valence-corrected chi connectivity index (χ4v) is 3.72. The van der Waals surface area contributed by atoms with E-state index in [1.54, 1.807) is 7.11 Å². The van der Waals surface area contributed by atoms with Gasteiger partial charge in [-0.3, -0.25) is 9.59 Å². The molecule has 3 rings (SSSR count). The van der Waals surface area contributed by atoms with Crippen molar-refractivity contribution in [2.45, 2.75) is 50.7 Å². The number of carboxylic acid groups (broad SMARTS) is 1. The lowest BCUT2D eigenvalue weighted by atomic mass is 9.85. The van der Waals surface area contributed by atoms with E-state index in [4.69, 9.17) is 14.6 Å². The molecule has 1 saturated carbocycles. The summed E-state index contributed by atoms with van der Waals surface area (Å²) in [5, 5.41) is 10.7. The van der Waals surface area contributed by atoms with E-state index in [-0.39, 0.29) is 5.91 Å². The monoisotopic (exact) mass is 298 g/mol. The molecule has 3 fully saturated rings. The van der Waals surface area contributed by atoms with Crippen LogP contribution in [-0.4, -0.2) is 60.3 Å². The molecule has 6 heteroatoms. The molecule has 2 saturated heterocycles. The van der Waals surface area contributed by atoms with E-state index < -0.39 is 11.6 Å². The van der Waals surface area contributed by atoms with Crippen LogP contribution in [-0.2, 0) is 14.3 Å². The number of aliphatic carboxylic acids is 1. The first-order chi connectivity index (χ1) is 10.00. The van der Waals surface area contributed by atoms with Crippen molar-refractivity contribution >= 4 is 11.9 Å². The number of methoxy groups -OCH3 is 1. The predicted octanol–water partition coefficient (Wildman–Crippen LogP) is 0.857. The quantitative estimate of drug-likeness (QED) is 0.790. The van der Waals surface area contributed by atoms with Gasteiger partial charge in [-0.1, -0.05) is 6.42 Å². The molecule has 0 spiro atoms. The van der Waals surface area contributed by atoms with Gasteiger partial charge in [0.15, 0.2) is 0 Å². The Bertz CT molecular complexity index is 389. The minimum atomic E-state index is -0.833. The van der Waals surface area contributed by atoms with Crippen molar-refractivity contribution in [3.63, 3.8) is 0 Å². The van der Waals surface area contributed by atoms with Crippen LogP contribution in [0.5, 0.6) is 0 Å². The molecule has 0 bridgehead atoms. The van der Waals surface area contributed by atoms with Crippen LogP contribution in [0.1, 0.15) is 39.0 Å². The average Bonchev–Trinajstić information content (AvgIpc) is 2.80. The van der Waals surface area contributed by atoms with Crippen LogP contribution < -0.4 is 5.32 Å². The first-order valence-corrected chi connectivity index (χ1v) is 7.76. The molecule has 0 aromatic heterocycles. The van der Waals surface area contributed by atoms with Crippen LogP contribution in [0, 0.1) is 5.92 Å². The SMILES string of the molecule is CC(=O)O.COC1(C(=O)N2C[C@@H]3CCC[C@@H]32)CCNCC1. The van der Waals surface area contributed by atoms with Crippen LogP contribution in [0.25, 0.3) is 0 Å². The summed E-state index contributed by atoms with van der Waals surface area (Å²) < 4.78 is 5.61. The van der Waals surface area contributed by atoms with Gasteiger partial charge >= 0.3 is 0 Å². The molecule has 6 nitrogen and oxygen atoms in total. The summed E-state index contributed by atoms with van der Waals surface area (Å²) in [5.41, 5.74) is -0.529. The number of nitrogens with zero attached hydrogens (tertiary/aromatic N) is 1. The summed E-state index contributed by atoms with van der Waals surface area (Å²) in [6, 6.07) is 0.532. The third-order valence-electron chi connectivity index (χ3n) is 4.90. The number of nitrogens with one attached hydrogen (secondary N) is 1. The number of ether oxygens (including phenoxy) is 1. The number of carbonyl (C=O) groups excluding carboxylic acids is 1. The molecule has 2 N–H and O–H groups in total. The zero-order chi connectivity index (χ0) is 15.5. The molecule has 2 aliphatic heterocycles. The first-order valence-electron chi connectivity index (χ1n) is 7.76. The molecule has 3 aliphatic rings. The highest BCUT2D eigenvalue weighted by Gasteiger charge is 2.51. The zero-order valence-electron chi connectivity index (χ0n) is 12.9. The average molecular weight is 298 g/mol. The lowest BCUT2D eigenvalue weighted by molar-refractivity contribution is -0.169. The van der Waals surface area contributed by atoms with Crippen LogP contribution in [0.15, 0.2) is 0 Å². The second-order valence-corrected chi connectivity index (χ2v) is 6.18. The standard InChI is InChI=1S/C13H22N2O2.C2H4O2/c1-17-13(5-7-14-8-6-13)12(16)15-9-10-3-2-4-11(10)15;1-2(3)4/h10-11,14H,2-9H2,1H3;1H3,(H,3,4)/t10-,11-;/m0./s1. The maximum Gasteiger partial charge on any atom is 0.300 e. The lowest BCUT2D eigenvalue weighted by Crippen LogP contribution is -2.64. The molecule has 21 heavy (non-hydrogen) atoms. The largest absolute Gasteiger partial charge is 0.481 e. The van der Waals surface area contributed by atoms with Crippen LogP contribution in [0.4, 0.5) is 0 Å². The van der Waals surface area contributed by atoms with Gasteiger partial charge in [-0.25, -0.2) is 0 Å². The van der Waals surface area contributed by atoms with Crippen LogP contribution >= 0.6 is 0 Å². The Morgan fingerprint density at radius 1 is 1.29 bits per heavy atom.